The lowest BCUT2D eigenvalue weighted by molar-refractivity contribution is -0.135. The lowest BCUT2D eigenvalue weighted by Gasteiger charge is -2.34. The van der Waals surface area contributed by atoms with Crippen LogP contribution < -0.4 is 16.0 Å². The molecule has 2 aliphatic rings. The van der Waals surface area contributed by atoms with Crippen molar-refractivity contribution >= 4 is 29.3 Å². The number of hydrogen-bond acceptors (Lipinski definition) is 8. The Balaban J connectivity index is 1.31. The zero-order valence-electron chi connectivity index (χ0n) is 23.4. The van der Waals surface area contributed by atoms with E-state index < -0.39 is 6.04 Å². The number of nitrogens with zero attached hydrogens (tertiary/aromatic N) is 5. The highest BCUT2D eigenvalue weighted by Crippen LogP contribution is 2.29. The van der Waals surface area contributed by atoms with Crippen molar-refractivity contribution in [3.8, 4) is 17.9 Å². The summed E-state index contributed by atoms with van der Waals surface area (Å²) in [6, 6.07) is 9.15. The molecule has 4 rings (SSSR count). The van der Waals surface area contributed by atoms with Crippen LogP contribution >= 0.6 is 0 Å². The number of nitriles is 1. The summed E-state index contributed by atoms with van der Waals surface area (Å²) in [6.07, 6.45) is 8.71. The molecule has 2 saturated carbocycles. The molecule has 1 aromatic heterocycles. The molecule has 1 heterocycles. The standard InChI is InChI=1S/C30H36N8O2/c1-20(38(4)27(39)9-6-14-37(2)3)29(40)34-26-15-21(16-26)10-11-23-19-32-30(36-28(23)33-24-12-13-24)35-25-8-5-7-22(17-25)18-31/h5-9,17,19-21,24,26H,12-16H2,1-4H3,(H,34,40)(H2,32,33,35,36). The molecule has 0 bridgehead atoms. The van der Waals surface area contributed by atoms with E-state index in [-0.39, 0.29) is 23.8 Å². The highest BCUT2D eigenvalue weighted by Gasteiger charge is 2.31. The van der Waals surface area contributed by atoms with Crippen molar-refractivity contribution in [1.82, 2.24) is 25.1 Å². The van der Waals surface area contributed by atoms with Crippen molar-refractivity contribution in [2.75, 3.05) is 38.3 Å². The summed E-state index contributed by atoms with van der Waals surface area (Å²) in [4.78, 5) is 37.5. The zero-order valence-corrected chi connectivity index (χ0v) is 23.4. The van der Waals surface area contributed by atoms with Gasteiger partial charge in [0.05, 0.1) is 23.4 Å². The number of likely N-dealkylation sites (N-methyl/N-ethyl adjacent to an activating group) is 2. The van der Waals surface area contributed by atoms with E-state index in [2.05, 4.69) is 43.8 Å². The van der Waals surface area contributed by atoms with Crippen LogP contribution in [0.1, 0.15) is 43.7 Å². The van der Waals surface area contributed by atoms with Gasteiger partial charge in [-0.2, -0.15) is 10.2 Å². The number of carbonyl (C=O) groups is 2. The smallest absolute Gasteiger partial charge is 0.246 e. The van der Waals surface area contributed by atoms with Crippen molar-refractivity contribution in [3.63, 3.8) is 0 Å². The van der Waals surface area contributed by atoms with Crippen molar-refractivity contribution in [3.05, 3.63) is 53.7 Å². The third-order valence-electron chi connectivity index (χ3n) is 6.89. The summed E-state index contributed by atoms with van der Waals surface area (Å²) in [5.41, 5.74) is 2.02. The Morgan fingerprint density at radius 3 is 2.67 bits per heavy atom. The molecule has 1 atom stereocenters. The van der Waals surface area contributed by atoms with E-state index >= 15 is 0 Å². The first kappa shape index (κ1) is 28.6. The average Bonchev–Trinajstić information content (AvgIpc) is 3.73. The Bertz CT molecular complexity index is 1360. The number of carbonyl (C=O) groups excluding carboxylic acids is 2. The van der Waals surface area contributed by atoms with E-state index in [1.54, 1.807) is 38.4 Å². The number of hydrogen-bond donors (Lipinski definition) is 3. The summed E-state index contributed by atoms with van der Waals surface area (Å²) in [7, 11) is 5.49. The van der Waals surface area contributed by atoms with Crippen molar-refractivity contribution in [2.24, 2.45) is 5.92 Å². The molecule has 1 unspecified atom stereocenters. The van der Waals surface area contributed by atoms with Crippen LogP contribution in [0.3, 0.4) is 0 Å². The molecule has 40 heavy (non-hydrogen) atoms. The molecule has 2 amide bonds. The second kappa shape index (κ2) is 13.1. The van der Waals surface area contributed by atoms with Gasteiger partial charge in [-0.05, 0) is 64.9 Å². The Hall–Kier alpha value is -4.41. The highest BCUT2D eigenvalue weighted by molar-refractivity contribution is 5.92. The summed E-state index contributed by atoms with van der Waals surface area (Å²) in [5, 5.41) is 18.8. The predicted molar refractivity (Wildman–Crippen MR) is 155 cm³/mol. The van der Waals surface area contributed by atoms with Crippen LogP contribution in [0.5, 0.6) is 0 Å². The fourth-order valence-electron chi connectivity index (χ4n) is 4.06. The maximum atomic E-state index is 12.7. The van der Waals surface area contributed by atoms with Gasteiger partial charge < -0.3 is 25.8 Å². The lowest BCUT2D eigenvalue weighted by Crippen LogP contribution is -2.51. The summed E-state index contributed by atoms with van der Waals surface area (Å²) >= 11 is 0. The first-order valence-corrected chi connectivity index (χ1v) is 13.5. The zero-order chi connectivity index (χ0) is 28.6. The van der Waals surface area contributed by atoms with Crippen LogP contribution in [0.2, 0.25) is 0 Å². The van der Waals surface area contributed by atoms with E-state index in [0.29, 0.717) is 29.9 Å². The van der Waals surface area contributed by atoms with Crippen LogP contribution in [-0.2, 0) is 9.59 Å². The number of anilines is 3. The largest absolute Gasteiger partial charge is 0.366 e. The molecule has 0 saturated heterocycles. The molecule has 10 heteroatoms. The van der Waals surface area contributed by atoms with E-state index in [1.807, 2.05) is 31.1 Å². The molecule has 2 aliphatic carbocycles. The van der Waals surface area contributed by atoms with Crippen molar-refractivity contribution in [1.29, 1.82) is 5.26 Å². The van der Waals surface area contributed by atoms with Crippen LogP contribution in [0.15, 0.2) is 42.6 Å². The Morgan fingerprint density at radius 2 is 1.98 bits per heavy atom. The minimum atomic E-state index is -0.565. The third-order valence-corrected chi connectivity index (χ3v) is 6.89. The molecule has 0 spiro atoms. The predicted octanol–water partition coefficient (Wildman–Crippen LogP) is 2.88. The molecule has 1 aromatic carbocycles. The van der Waals surface area contributed by atoms with Crippen LogP contribution in [0, 0.1) is 29.1 Å². The maximum Gasteiger partial charge on any atom is 0.246 e. The fourth-order valence-corrected chi connectivity index (χ4v) is 4.06. The van der Waals surface area contributed by atoms with Crippen LogP contribution in [0.4, 0.5) is 17.5 Å². The van der Waals surface area contributed by atoms with Gasteiger partial charge in [-0.25, -0.2) is 4.98 Å². The molecule has 2 aromatic rings. The Labute approximate surface area is 235 Å². The first-order chi connectivity index (χ1) is 19.2. The van der Waals surface area contributed by atoms with Gasteiger partial charge in [-0.1, -0.05) is 24.0 Å². The first-order valence-electron chi connectivity index (χ1n) is 13.5. The van der Waals surface area contributed by atoms with Gasteiger partial charge in [0, 0.05) is 43.4 Å². The van der Waals surface area contributed by atoms with Gasteiger partial charge >= 0.3 is 0 Å². The number of aromatic nitrogens is 2. The lowest BCUT2D eigenvalue weighted by atomic mass is 9.80. The monoisotopic (exact) mass is 540 g/mol. The van der Waals surface area contributed by atoms with E-state index in [0.717, 1.165) is 36.9 Å². The molecule has 0 radical (unpaired) electrons. The molecule has 208 valence electrons. The number of rotatable bonds is 10. The maximum absolute atomic E-state index is 12.7. The Morgan fingerprint density at radius 1 is 1.20 bits per heavy atom. The minimum absolute atomic E-state index is 0.0399. The quantitative estimate of drug-likeness (QED) is 0.310. The summed E-state index contributed by atoms with van der Waals surface area (Å²) < 4.78 is 0. The van der Waals surface area contributed by atoms with E-state index in [4.69, 9.17) is 5.26 Å². The number of amides is 2. The summed E-state index contributed by atoms with van der Waals surface area (Å²) in [5.74, 6) is 7.45. The second-order valence-electron chi connectivity index (χ2n) is 10.6. The average molecular weight is 541 g/mol. The fraction of sp³-hybridized carbons (Fsp3) is 0.433. The Kier molecular flexibility index (Phi) is 9.36. The molecule has 0 aliphatic heterocycles. The number of nitrogens with one attached hydrogen (secondary N) is 3. The van der Waals surface area contributed by atoms with Gasteiger partial charge in [0.25, 0.3) is 0 Å². The van der Waals surface area contributed by atoms with Gasteiger partial charge in [0.1, 0.15) is 11.9 Å². The number of benzene rings is 1. The third kappa shape index (κ3) is 8.05. The molecule has 3 N–H and O–H groups in total. The molecular weight excluding hydrogens is 504 g/mol. The van der Waals surface area contributed by atoms with Crippen LogP contribution in [-0.4, -0.2) is 77.4 Å². The normalized spacial score (nSPS) is 18.6. The second-order valence-corrected chi connectivity index (χ2v) is 10.6. The highest BCUT2D eigenvalue weighted by atomic mass is 16.2. The summed E-state index contributed by atoms with van der Waals surface area (Å²) in [6.45, 7) is 2.39. The van der Waals surface area contributed by atoms with E-state index in [9.17, 15) is 9.59 Å². The van der Waals surface area contributed by atoms with Crippen LogP contribution in [0.25, 0.3) is 0 Å². The molecule has 10 nitrogen and oxygen atoms in total. The van der Waals surface area contributed by atoms with Gasteiger partial charge in [-0.3, -0.25) is 9.59 Å². The van der Waals surface area contributed by atoms with Gasteiger partial charge in [-0.15, -0.1) is 0 Å². The van der Waals surface area contributed by atoms with E-state index in [1.165, 1.54) is 11.0 Å². The van der Waals surface area contributed by atoms with Gasteiger partial charge in [0.2, 0.25) is 17.8 Å². The molecular formula is C30H36N8O2. The topological polar surface area (TPSA) is 126 Å². The molecule has 2 fully saturated rings. The van der Waals surface area contributed by atoms with Crippen molar-refractivity contribution in [2.45, 2.75) is 50.7 Å². The minimum Gasteiger partial charge on any atom is -0.366 e. The van der Waals surface area contributed by atoms with Crippen molar-refractivity contribution < 1.29 is 9.59 Å². The SMILES string of the molecule is CC(C(=O)NC1CC(C#Cc2cnc(Nc3cccc(C#N)c3)nc2NC2CC2)C1)N(C)C(=O)C=CCN(C)C. The van der Waals surface area contributed by atoms with Gasteiger partial charge in [0.15, 0.2) is 0 Å².